The van der Waals surface area contributed by atoms with Crippen LogP contribution in [0.3, 0.4) is 0 Å². The molecule has 4 aromatic rings. The van der Waals surface area contributed by atoms with Gasteiger partial charge in [-0.15, -0.1) is 0 Å². The number of nitrogens with zero attached hydrogens (tertiary/aromatic N) is 7. The number of piperazine rings is 1. The molecule has 4 heterocycles. The number of amides is 1. The molecule has 1 aliphatic heterocycles. The Bertz CT molecular complexity index is 1820. The molecule has 0 aliphatic carbocycles. The summed E-state index contributed by atoms with van der Waals surface area (Å²) in [6.07, 6.45) is 1.11. The summed E-state index contributed by atoms with van der Waals surface area (Å²) in [6.45, 7) is 18.1. The van der Waals surface area contributed by atoms with Gasteiger partial charge in [-0.2, -0.15) is 4.98 Å². The zero-order valence-corrected chi connectivity index (χ0v) is 28.6. The van der Waals surface area contributed by atoms with Crippen LogP contribution in [0, 0.1) is 5.82 Å². The Morgan fingerprint density at radius 3 is 2.13 bits per heavy atom. The molecule has 1 aliphatic rings. The van der Waals surface area contributed by atoms with Crippen molar-refractivity contribution in [2.24, 2.45) is 0 Å². The van der Waals surface area contributed by atoms with Crippen LogP contribution in [0.25, 0.3) is 28.0 Å². The number of carbonyl (C=O) groups excluding carboxylic acids is 1. The van der Waals surface area contributed by atoms with Crippen molar-refractivity contribution in [3.05, 3.63) is 69.4 Å². The normalized spacial score (nSPS) is 17.3. The highest BCUT2D eigenvalue weighted by Crippen LogP contribution is 2.37. The summed E-state index contributed by atoms with van der Waals surface area (Å²) < 4.78 is 22.2. The third-order valence-corrected chi connectivity index (χ3v) is 8.24. The Kier molecular flexibility index (Phi) is 9.10. The summed E-state index contributed by atoms with van der Waals surface area (Å²) in [5.74, 6) is -0.229. The second-order valence-corrected chi connectivity index (χ2v) is 13.9. The highest BCUT2D eigenvalue weighted by molar-refractivity contribution is 6.33. The Balaban J connectivity index is 1.77. The fraction of sp³-hybridized carbons (Fsp3) is 0.471. The van der Waals surface area contributed by atoms with Crippen molar-refractivity contribution in [2.75, 3.05) is 18.0 Å². The number of anilines is 1. The van der Waals surface area contributed by atoms with E-state index in [1.165, 1.54) is 17.0 Å². The first-order valence-corrected chi connectivity index (χ1v) is 16.0. The van der Waals surface area contributed by atoms with Gasteiger partial charge in [0.2, 0.25) is 0 Å². The average Bonchev–Trinajstić information content (AvgIpc) is 2.95. The van der Waals surface area contributed by atoms with Crippen LogP contribution in [0.15, 0.2) is 41.5 Å². The molecule has 0 unspecified atom stereocenters. The molecule has 0 saturated carbocycles. The molecule has 1 fully saturated rings. The highest BCUT2D eigenvalue weighted by Gasteiger charge is 2.37. The molecule has 0 radical (unpaired) electrons. The topological polar surface area (TPSA) is 106 Å². The van der Waals surface area contributed by atoms with E-state index in [4.69, 9.17) is 21.3 Å². The fourth-order valence-corrected chi connectivity index (χ4v) is 6.29. The van der Waals surface area contributed by atoms with Crippen LogP contribution in [0.2, 0.25) is 5.02 Å². The lowest BCUT2D eigenvalue weighted by atomic mass is 10.0. The van der Waals surface area contributed by atoms with Gasteiger partial charge in [0.1, 0.15) is 23.6 Å². The number of fused-ring (bicyclic) bond motifs is 1. The summed E-state index contributed by atoms with van der Waals surface area (Å²) in [6, 6.07) is 7.40. The fourth-order valence-electron chi connectivity index (χ4n) is 6.04. The van der Waals surface area contributed by atoms with Crippen LogP contribution in [0.5, 0.6) is 0 Å². The molecule has 244 valence electrons. The minimum absolute atomic E-state index is 0.0573. The maximum absolute atomic E-state index is 15.1. The number of carbonyl (C=O) groups is 1. The van der Waals surface area contributed by atoms with E-state index in [1.807, 2.05) is 67.2 Å². The van der Waals surface area contributed by atoms with Crippen molar-refractivity contribution in [3.63, 3.8) is 0 Å². The average molecular weight is 650 g/mol. The molecule has 12 heteroatoms. The molecule has 1 saturated heterocycles. The van der Waals surface area contributed by atoms with Gasteiger partial charge < -0.3 is 9.64 Å². The van der Waals surface area contributed by atoms with Crippen LogP contribution in [0.4, 0.5) is 15.0 Å². The van der Waals surface area contributed by atoms with Crippen molar-refractivity contribution in [3.8, 4) is 16.9 Å². The number of rotatable bonds is 5. The molecule has 1 aromatic carbocycles. The maximum Gasteiger partial charge on any atom is 0.410 e. The lowest BCUT2D eigenvalue weighted by Gasteiger charge is -2.45. The molecular formula is C34H41ClFN7O3. The zero-order valence-electron chi connectivity index (χ0n) is 27.8. The summed E-state index contributed by atoms with van der Waals surface area (Å²) in [5, 5.41) is 0.708. The lowest BCUT2D eigenvalue weighted by Crippen LogP contribution is -2.59. The largest absolute Gasteiger partial charge is 0.444 e. The highest BCUT2D eigenvalue weighted by atomic mass is 35.5. The van der Waals surface area contributed by atoms with Crippen molar-refractivity contribution in [1.82, 2.24) is 29.4 Å². The molecule has 10 nitrogen and oxygen atoms in total. The number of aromatic nitrogens is 5. The molecular weight excluding hydrogens is 609 g/mol. The number of pyridine rings is 1. The monoisotopic (exact) mass is 649 g/mol. The van der Waals surface area contributed by atoms with E-state index in [-0.39, 0.29) is 45.8 Å². The first-order valence-electron chi connectivity index (χ1n) is 15.6. The minimum Gasteiger partial charge on any atom is -0.444 e. The van der Waals surface area contributed by atoms with E-state index in [2.05, 4.69) is 15.0 Å². The predicted octanol–water partition coefficient (Wildman–Crippen LogP) is 7.11. The minimum atomic E-state index is -0.640. The van der Waals surface area contributed by atoms with Crippen LogP contribution in [-0.2, 0) is 4.74 Å². The van der Waals surface area contributed by atoms with E-state index in [0.29, 0.717) is 41.4 Å². The van der Waals surface area contributed by atoms with Crippen molar-refractivity contribution >= 4 is 34.5 Å². The first-order chi connectivity index (χ1) is 21.6. The van der Waals surface area contributed by atoms with Gasteiger partial charge in [-0.05, 0) is 64.7 Å². The molecule has 2 atom stereocenters. The van der Waals surface area contributed by atoms with Gasteiger partial charge in [0, 0.05) is 18.7 Å². The van der Waals surface area contributed by atoms with Gasteiger partial charge in [0.05, 0.1) is 45.3 Å². The number of hydrogen-bond donors (Lipinski definition) is 0. The Morgan fingerprint density at radius 1 is 1.00 bits per heavy atom. The van der Waals surface area contributed by atoms with Crippen LogP contribution in [-0.4, -0.2) is 66.3 Å². The van der Waals surface area contributed by atoms with Crippen LogP contribution < -0.4 is 10.6 Å². The zero-order chi connectivity index (χ0) is 33.7. The maximum atomic E-state index is 15.1. The summed E-state index contributed by atoms with van der Waals surface area (Å²) in [5.41, 5.74) is 1.27. The summed E-state index contributed by atoms with van der Waals surface area (Å²) >= 11 is 6.85. The van der Waals surface area contributed by atoms with Crippen molar-refractivity contribution in [1.29, 1.82) is 0 Å². The molecule has 3 aromatic heterocycles. The molecule has 0 N–H and O–H groups in total. The Labute approximate surface area is 273 Å². The third kappa shape index (κ3) is 6.29. The molecule has 5 rings (SSSR count). The van der Waals surface area contributed by atoms with Crippen LogP contribution >= 0.6 is 11.6 Å². The van der Waals surface area contributed by atoms with E-state index < -0.39 is 23.2 Å². The lowest BCUT2D eigenvalue weighted by molar-refractivity contribution is 0.00561. The Hall–Kier alpha value is -4.12. The van der Waals surface area contributed by atoms with E-state index in [1.54, 1.807) is 29.2 Å². The second kappa shape index (κ2) is 12.6. The summed E-state index contributed by atoms with van der Waals surface area (Å²) in [7, 11) is 0. The van der Waals surface area contributed by atoms with E-state index in [9.17, 15) is 9.59 Å². The van der Waals surface area contributed by atoms with Crippen molar-refractivity contribution < 1.29 is 13.9 Å². The third-order valence-electron chi connectivity index (χ3n) is 7.95. The standard InChI is InChI=1S/C34H41ClFN7O3/c1-18(2)26-29(27(19(3)4)38-17-37-26)43-31-23(14-24(35)28(39-31)22-12-10-11-13-25(22)36)30(40-32(43)44)41-15-20(5)42(21(6)16-41)33(45)46-34(7,8)9/h10-14,17-21H,15-16H2,1-9H3/t20-,21+. The SMILES string of the molecule is CC(C)c1ncnc(C(C)C)c1-n1c(=O)nc(N2C[C@@H](C)N(C(=O)OC(C)(C)C)[C@@H](C)C2)c2cc(Cl)c(-c3ccccc3F)nc21. The Morgan fingerprint density at radius 2 is 1.59 bits per heavy atom. The number of benzene rings is 1. The number of halogens is 2. The summed E-state index contributed by atoms with van der Waals surface area (Å²) in [4.78, 5) is 49.8. The molecule has 46 heavy (non-hydrogen) atoms. The van der Waals surface area contributed by atoms with Gasteiger partial charge >= 0.3 is 11.8 Å². The van der Waals surface area contributed by atoms with Gasteiger partial charge in [-0.3, -0.25) is 4.90 Å². The molecule has 1 amide bonds. The quantitative estimate of drug-likeness (QED) is 0.225. The second-order valence-electron chi connectivity index (χ2n) is 13.5. The van der Waals surface area contributed by atoms with Gasteiger partial charge in [0.15, 0.2) is 5.65 Å². The predicted molar refractivity (Wildman–Crippen MR) is 179 cm³/mol. The van der Waals surface area contributed by atoms with Gasteiger partial charge in [-0.25, -0.2) is 33.5 Å². The van der Waals surface area contributed by atoms with Gasteiger partial charge in [0.25, 0.3) is 0 Å². The van der Waals surface area contributed by atoms with E-state index >= 15 is 4.39 Å². The first kappa shape index (κ1) is 33.2. The van der Waals surface area contributed by atoms with Crippen molar-refractivity contribution in [2.45, 2.75) is 91.8 Å². The van der Waals surface area contributed by atoms with Crippen LogP contribution in [0.1, 0.15) is 85.5 Å². The number of hydrogen-bond acceptors (Lipinski definition) is 8. The molecule has 0 bridgehead atoms. The van der Waals surface area contributed by atoms with Gasteiger partial charge in [-0.1, -0.05) is 51.4 Å². The molecule has 0 spiro atoms. The number of ether oxygens (including phenoxy) is 1. The van der Waals surface area contributed by atoms with E-state index in [0.717, 1.165) is 0 Å². The smallest absolute Gasteiger partial charge is 0.410 e.